The molecule has 2 unspecified atom stereocenters. The minimum atomic E-state index is -1.85. The lowest BCUT2D eigenvalue weighted by Crippen LogP contribution is -2.66. The van der Waals surface area contributed by atoms with Gasteiger partial charge in [-0.1, -0.05) is 41.5 Å². The van der Waals surface area contributed by atoms with Crippen LogP contribution in [0.2, 0.25) is 18.1 Å². The van der Waals surface area contributed by atoms with Crippen molar-refractivity contribution in [3.63, 3.8) is 0 Å². The highest BCUT2D eigenvalue weighted by Crippen LogP contribution is 2.32. The van der Waals surface area contributed by atoms with Crippen LogP contribution in [0.1, 0.15) is 48.5 Å². The summed E-state index contributed by atoms with van der Waals surface area (Å²) in [6.45, 7) is 13.8. The van der Waals surface area contributed by atoms with Gasteiger partial charge < -0.3 is 19.2 Å². The predicted molar refractivity (Wildman–Crippen MR) is 109 cm³/mol. The first-order valence-electron chi connectivity index (χ1n) is 10.4. The van der Waals surface area contributed by atoms with E-state index in [4.69, 9.17) is 13.9 Å². The van der Waals surface area contributed by atoms with Gasteiger partial charge in [-0.15, -0.1) is 0 Å². The average Bonchev–Trinajstić information content (AvgIpc) is 2.65. The summed E-state index contributed by atoms with van der Waals surface area (Å²) >= 11 is 0. The Bertz CT molecular complexity index is 541. The number of rotatable bonds is 12. The second-order valence-electron chi connectivity index (χ2n) is 8.13. The molecule has 0 aromatic rings. The van der Waals surface area contributed by atoms with Crippen molar-refractivity contribution in [1.29, 1.82) is 0 Å². The van der Waals surface area contributed by atoms with Gasteiger partial charge in [0.25, 0.3) is 0 Å². The molecule has 1 aliphatic heterocycles. The van der Waals surface area contributed by atoms with Gasteiger partial charge in [0.05, 0.1) is 24.7 Å². The topological polar surface area (TPSA) is 90.9 Å². The third kappa shape index (κ3) is 6.30. The van der Waals surface area contributed by atoms with Crippen LogP contribution in [0.25, 0.3) is 0 Å². The molecule has 1 rings (SSSR count). The molecule has 4 atom stereocenters. The zero-order valence-electron chi connectivity index (χ0n) is 18.4. The van der Waals surface area contributed by atoms with Crippen molar-refractivity contribution >= 4 is 26.2 Å². The maximum atomic E-state index is 12.4. The molecule has 1 fully saturated rings. The van der Waals surface area contributed by atoms with Crippen LogP contribution in [0.15, 0.2) is 0 Å². The van der Waals surface area contributed by atoms with E-state index in [1.165, 1.54) is 0 Å². The van der Waals surface area contributed by atoms with E-state index < -0.39 is 20.4 Å². The SMILES string of the molecule is CC[Si](CC)(CC)O[C@H](C)C1C(=O)NC1[C@@H](C)C(=O)COC(=O)OCC(C)C. The van der Waals surface area contributed by atoms with Gasteiger partial charge in [0, 0.05) is 5.92 Å². The Balaban J connectivity index is 2.62. The van der Waals surface area contributed by atoms with Gasteiger partial charge in [0.2, 0.25) is 5.91 Å². The summed E-state index contributed by atoms with van der Waals surface area (Å²) in [5.41, 5.74) is 0. The van der Waals surface area contributed by atoms with Gasteiger partial charge in [-0.2, -0.15) is 0 Å². The number of Topliss-reactive ketones (excluding diaryl/α,β-unsaturated/α-hetero) is 1. The van der Waals surface area contributed by atoms with Crippen molar-refractivity contribution in [1.82, 2.24) is 5.32 Å². The van der Waals surface area contributed by atoms with Crippen LogP contribution >= 0.6 is 0 Å². The van der Waals surface area contributed by atoms with Crippen LogP contribution in [0.4, 0.5) is 4.79 Å². The number of ether oxygens (including phenoxy) is 2. The normalized spacial score (nSPS) is 21.5. The molecule has 162 valence electrons. The van der Waals surface area contributed by atoms with Gasteiger partial charge in [-0.3, -0.25) is 9.59 Å². The van der Waals surface area contributed by atoms with Gasteiger partial charge in [-0.05, 0) is 31.0 Å². The summed E-state index contributed by atoms with van der Waals surface area (Å²) in [6, 6.07) is 2.71. The smallest absolute Gasteiger partial charge is 0.434 e. The van der Waals surface area contributed by atoms with Crippen LogP contribution < -0.4 is 5.32 Å². The van der Waals surface area contributed by atoms with Gasteiger partial charge in [-0.25, -0.2) is 4.79 Å². The highest BCUT2D eigenvalue weighted by Gasteiger charge is 2.49. The van der Waals surface area contributed by atoms with Crippen LogP contribution in [0.5, 0.6) is 0 Å². The number of β-lactam (4-membered cyclic amide) rings is 1. The number of amides is 1. The maximum Gasteiger partial charge on any atom is 0.508 e. The van der Waals surface area contributed by atoms with Crippen molar-refractivity contribution in [3.8, 4) is 0 Å². The monoisotopic (exact) mass is 415 g/mol. The Kier molecular flexibility index (Phi) is 9.63. The van der Waals surface area contributed by atoms with E-state index in [-0.39, 0.29) is 48.9 Å². The lowest BCUT2D eigenvalue weighted by Gasteiger charge is -2.45. The Labute approximate surface area is 170 Å². The molecular formula is C20H37NO6Si. The zero-order valence-corrected chi connectivity index (χ0v) is 19.4. The Morgan fingerprint density at radius 1 is 1.04 bits per heavy atom. The molecule has 0 spiro atoms. The zero-order chi connectivity index (χ0) is 21.5. The van der Waals surface area contributed by atoms with Crippen LogP contribution in [0, 0.1) is 17.8 Å². The van der Waals surface area contributed by atoms with Crippen molar-refractivity contribution in [3.05, 3.63) is 0 Å². The molecule has 0 bridgehead atoms. The summed E-state index contributed by atoms with van der Waals surface area (Å²) < 4.78 is 16.2. The van der Waals surface area contributed by atoms with Crippen LogP contribution in [-0.4, -0.2) is 51.5 Å². The molecule has 28 heavy (non-hydrogen) atoms. The van der Waals surface area contributed by atoms with Crippen molar-refractivity contribution < 1.29 is 28.3 Å². The molecule has 8 heteroatoms. The predicted octanol–water partition coefficient (Wildman–Crippen LogP) is 3.53. The first-order chi connectivity index (χ1) is 13.1. The van der Waals surface area contributed by atoms with Gasteiger partial charge in [0.1, 0.15) is 0 Å². The Morgan fingerprint density at radius 3 is 2.07 bits per heavy atom. The second kappa shape index (κ2) is 10.9. The van der Waals surface area contributed by atoms with Crippen LogP contribution in [0.3, 0.4) is 0 Å². The summed E-state index contributed by atoms with van der Waals surface area (Å²) in [6.07, 6.45) is -1.08. The lowest BCUT2D eigenvalue weighted by atomic mass is 9.77. The van der Waals surface area contributed by atoms with E-state index in [1.807, 2.05) is 20.8 Å². The fourth-order valence-electron chi connectivity index (χ4n) is 3.56. The maximum absolute atomic E-state index is 12.4. The molecule has 7 nitrogen and oxygen atoms in total. The van der Waals surface area contributed by atoms with E-state index >= 15 is 0 Å². The number of carbonyl (C=O) groups excluding carboxylic acids is 3. The molecule has 0 radical (unpaired) electrons. The van der Waals surface area contributed by atoms with Crippen molar-refractivity contribution in [2.45, 2.75) is 78.7 Å². The van der Waals surface area contributed by atoms with Crippen LogP contribution in [-0.2, 0) is 23.5 Å². The summed E-state index contributed by atoms with van der Waals surface area (Å²) in [7, 11) is -1.85. The van der Waals surface area contributed by atoms with Crippen molar-refractivity contribution in [2.75, 3.05) is 13.2 Å². The first-order valence-corrected chi connectivity index (χ1v) is 12.9. The third-order valence-corrected chi connectivity index (χ3v) is 10.5. The fraction of sp³-hybridized carbons (Fsp3) is 0.850. The molecule has 0 saturated carbocycles. The summed E-state index contributed by atoms with van der Waals surface area (Å²) in [4.78, 5) is 36.1. The van der Waals surface area contributed by atoms with E-state index in [9.17, 15) is 14.4 Å². The summed E-state index contributed by atoms with van der Waals surface area (Å²) in [5.74, 6) is -0.954. The summed E-state index contributed by atoms with van der Waals surface area (Å²) in [5, 5.41) is 2.83. The molecule has 1 saturated heterocycles. The minimum Gasteiger partial charge on any atom is -0.434 e. The molecule has 0 aromatic heterocycles. The van der Waals surface area contributed by atoms with E-state index in [0.717, 1.165) is 18.1 Å². The molecule has 1 heterocycles. The second-order valence-corrected chi connectivity index (χ2v) is 12.8. The number of ketones is 1. The lowest BCUT2D eigenvalue weighted by molar-refractivity contribution is -0.145. The molecule has 1 aliphatic rings. The quantitative estimate of drug-likeness (QED) is 0.298. The number of hydrogen-bond acceptors (Lipinski definition) is 6. The van der Waals surface area contributed by atoms with E-state index in [2.05, 4.69) is 26.1 Å². The van der Waals surface area contributed by atoms with E-state index in [1.54, 1.807) is 6.92 Å². The molecule has 1 amide bonds. The number of hydrogen-bond donors (Lipinski definition) is 1. The number of nitrogens with one attached hydrogen (secondary N) is 1. The standard InChI is InChI=1S/C20H37NO6Si/c1-8-28(9-2,10-3)27-15(7)17-18(21-19(17)23)14(6)16(22)12-26-20(24)25-11-13(4)5/h13-15,17-18H,8-12H2,1-7H3,(H,21,23)/t14-,15+,17?,18?/m0/s1. The van der Waals surface area contributed by atoms with Crippen molar-refractivity contribution in [2.24, 2.45) is 17.8 Å². The van der Waals surface area contributed by atoms with E-state index in [0.29, 0.717) is 0 Å². The first kappa shape index (κ1) is 24.6. The average molecular weight is 416 g/mol. The molecule has 0 aromatic carbocycles. The minimum absolute atomic E-state index is 0.0828. The number of carbonyl (C=O) groups is 3. The third-order valence-electron chi connectivity index (χ3n) is 5.79. The highest BCUT2D eigenvalue weighted by molar-refractivity contribution is 6.73. The molecule has 0 aliphatic carbocycles. The Hall–Kier alpha value is -1.41. The van der Waals surface area contributed by atoms with Gasteiger partial charge in [0.15, 0.2) is 20.7 Å². The molecule has 1 N–H and O–H groups in total. The van der Waals surface area contributed by atoms with Gasteiger partial charge >= 0.3 is 6.16 Å². The largest absolute Gasteiger partial charge is 0.508 e. The Morgan fingerprint density at radius 2 is 1.61 bits per heavy atom. The molecular weight excluding hydrogens is 378 g/mol. The highest BCUT2D eigenvalue weighted by atomic mass is 28.4. The fourth-order valence-corrected chi connectivity index (χ4v) is 6.50.